The largest absolute Gasteiger partial charge is 0.330 e. The lowest BCUT2D eigenvalue weighted by molar-refractivity contribution is 0.480. The van der Waals surface area contributed by atoms with Gasteiger partial charge in [0.25, 0.3) is 10.1 Å². The monoisotopic (exact) mass is 189 g/mol. The van der Waals surface area contributed by atoms with Crippen LogP contribution in [-0.2, 0) is 10.1 Å². The van der Waals surface area contributed by atoms with E-state index >= 15 is 0 Å². The first kappa shape index (κ1) is 12.8. The van der Waals surface area contributed by atoms with Crippen molar-refractivity contribution in [2.45, 2.75) is 12.8 Å². The second-order valence-electron chi connectivity index (χ2n) is 1.78. The summed E-state index contributed by atoms with van der Waals surface area (Å²) in [6.45, 7) is 0.468. The number of unbranched alkanes of at least 4 members (excludes halogenated alkanes) is 1. The van der Waals surface area contributed by atoms with Gasteiger partial charge in [0.15, 0.2) is 0 Å². The van der Waals surface area contributed by atoms with Gasteiger partial charge in [-0.05, 0) is 19.4 Å². The fourth-order valence-corrected chi connectivity index (χ4v) is 0.998. The zero-order valence-corrected chi connectivity index (χ0v) is 7.12. The van der Waals surface area contributed by atoms with Crippen molar-refractivity contribution in [2.75, 3.05) is 12.3 Å². The molecular formula is C4H12ClNO3S. The fourth-order valence-electron chi connectivity index (χ4n) is 0.429. The molecule has 0 amide bonds. The van der Waals surface area contributed by atoms with Crippen LogP contribution in [0.4, 0.5) is 0 Å². The second-order valence-corrected chi connectivity index (χ2v) is 3.35. The van der Waals surface area contributed by atoms with Gasteiger partial charge in [-0.1, -0.05) is 0 Å². The molecule has 6 heteroatoms. The van der Waals surface area contributed by atoms with Gasteiger partial charge in [0.1, 0.15) is 0 Å². The van der Waals surface area contributed by atoms with Crippen LogP contribution in [0.25, 0.3) is 0 Å². The Hall–Kier alpha value is 0.160. The smallest absolute Gasteiger partial charge is 0.264 e. The third-order valence-corrected chi connectivity index (χ3v) is 1.66. The maximum absolute atomic E-state index is 10.0. The highest BCUT2D eigenvalue weighted by Crippen LogP contribution is 1.90. The number of nitrogens with two attached hydrogens (primary N) is 1. The predicted molar refractivity (Wildman–Crippen MR) is 42.0 cm³/mol. The Kier molecular flexibility index (Phi) is 7.56. The van der Waals surface area contributed by atoms with Crippen LogP contribution >= 0.6 is 12.4 Å². The summed E-state index contributed by atoms with van der Waals surface area (Å²) in [7, 11) is -3.75. The molecule has 0 aromatic rings. The minimum atomic E-state index is -3.75. The van der Waals surface area contributed by atoms with Crippen LogP contribution in [-0.4, -0.2) is 25.3 Å². The van der Waals surface area contributed by atoms with E-state index < -0.39 is 10.1 Å². The average molecular weight is 190 g/mol. The van der Waals surface area contributed by atoms with E-state index in [0.717, 1.165) is 0 Å². The van der Waals surface area contributed by atoms with Gasteiger partial charge in [0, 0.05) is 0 Å². The molecule has 0 aliphatic carbocycles. The first-order chi connectivity index (χ1) is 4.06. The molecule has 10 heavy (non-hydrogen) atoms. The molecule has 0 saturated heterocycles. The number of rotatable bonds is 4. The summed E-state index contributed by atoms with van der Waals surface area (Å²) in [6, 6.07) is 0. The van der Waals surface area contributed by atoms with Gasteiger partial charge in [0.2, 0.25) is 0 Å². The molecule has 0 saturated carbocycles. The molecule has 0 radical (unpaired) electrons. The zero-order valence-electron chi connectivity index (χ0n) is 5.49. The van der Waals surface area contributed by atoms with Gasteiger partial charge in [-0.3, -0.25) is 4.55 Å². The average Bonchev–Trinajstić information content (AvgIpc) is 1.63. The first-order valence-corrected chi connectivity index (χ1v) is 4.32. The molecule has 0 aliphatic heterocycles. The standard InChI is InChI=1S/C4H11NO3S.ClH/c5-3-1-2-4-9(6,7)8;/h1-5H2,(H,6,7,8);1H. The Labute approximate surface area is 67.0 Å². The summed E-state index contributed by atoms with van der Waals surface area (Å²) in [5.74, 6) is -0.176. The van der Waals surface area contributed by atoms with Crippen LogP contribution in [0.3, 0.4) is 0 Å². The molecule has 0 heterocycles. The minimum Gasteiger partial charge on any atom is -0.330 e. The van der Waals surface area contributed by atoms with E-state index in [1.165, 1.54) is 0 Å². The van der Waals surface area contributed by atoms with Gasteiger partial charge in [-0.25, -0.2) is 0 Å². The van der Waals surface area contributed by atoms with Crippen LogP contribution in [0.15, 0.2) is 0 Å². The Morgan fingerprint density at radius 2 is 1.80 bits per heavy atom. The van der Waals surface area contributed by atoms with E-state index in [1.54, 1.807) is 0 Å². The van der Waals surface area contributed by atoms with E-state index in [1.807, 2.05) is 0 Å². The van der Waals surface area contributed by atoms with Gasteiger partial charge in [-0.15, -0.1) is 12.4 Å². The summed E-state index contributed by atoms with van der Waals surface area (Å²) in [6.07, 6.45) is 1.08. The molecule has 0 unspecified atom stereocenters. The third kappa shape index (κ3) is 11.0. The molecule has 64 valence electrons. The van der Waals surface area contributed by atoms with E-state index in [9.17, 15) is 8.42 Å². The lowest BCUT2D eigenvalue weighted by atomic mass is 10.3. The summed E-state index contributed by atoms with van der Waals surface area (Å²) >= 11 is 0. The minimum absolute atomic E-state index is 0. The highest BCUT2D eigenvalue weighted by molar-refractivity contribution is 7.85. The molecule has 0 atom stereocenters. The van der Waals surface area contributed by atoms with Gasteiger partial charge < -0.3 is 5.73 Å². The molecule has 0 aliphatic rings. The lowest BCUT2D eigenvalue weighted by Crippen LogP contribution is -2.06. The molecule has 4 nitrogen and oxygen atoms in total. The Morgan fingerprint density at radius 3 is 2.10 bits per heavy atom. The van der Waals surface area contributed by atoms with Crippen LogP contribution < -0.4 is 5.73 Å². The maximum atomic E-state index is 10.0. The summed E-state index contributed by atoms with van der Waals surface area (Å²) in [5.41, 5.74) is 5.08. The van der Waals surface area contributed by atoms with Crippen molar-refractivity contribution in [1.82, 2.24) is 0 Å². The zero-order chi connectivity index (χ0) is 7.33. The van der Waals surface area contributed by atoms with Crippen molar-refractivity contribution in [3.05, 3.63) is 0 Å². The number of hydrogen-bond acceptors (Lipinski definition) is 3. The van der Waals surface area contributed by atoms with Crippen molar-refractivity contribution in [2.24, 2.45) is 5.73 Å². The molecule has 0 bridgehead atoms. The van der Waals surface area contributed by atoms with Gasteiger partial charge >= 0.3 is 0 Å². The molecule has 3 N–H and O–H groups in total. The third-order valence-electron chi connectivity index (χ3n) is 0.856. The van der Waals surface area contributed by atoms with Crippen molar-refractivity contribution >= 4 is 22.5 Å². The van der Waals surface area contributed by atoms with Crippen molar-refractivity contribution in [3.63, 3.8) is 0 Å². The maximum Gasteiger partial charge on any atom is 0.264 e. The fraction of sp³-hybridized carbons (Fsp3) is 1.00. The lowest BCUT2D eigenvalue weighted by Gasteiger charge is -1.93. The topological polar surface area (TPSA) is 80.4 Å². The Morgan fingerprint density at radius 1 is 1.30 bits per heavy atom. The summed E-state index contributed by atoms with van der Waals surface area (Å²) < 4.78 is 28.2. The SMILES string of the molecule is Cl.NCCCCS(=O)(=O)O. The highest BCUT2D eigenvalue weighted by atomic mass is 35.5. The number of hydrogen-bond donors (Lipinski definition) is 2. The molecule has 0 aromatic carbocycles. The molecule has 0 fully saturated rings. The Bertz CT molecular complexity index is 156. The van der Waals surface area contributed by atoms with E-state index in [-0.39, 0.29) is 18.2 Å². The van der Waals surface area contributed by atoms with Crippen molar-refractivity contribution in [3.8, 4) is 0 Å². The Balaban J connectivity index is 0. The molecule has 0 spiro atoms. The van der Waals surface area contributed by atoms with Crippen LogP contribution in [0.1, 0.15) is 12.8 Å². The van der Waals surface area contributed by atoms with E-state index in [4.69, 9.17) is 10.3 Å². The molecule has 0 rings (SSSR count). The van der Waals surface area contributed by atoms with Crippen LogP contribution in [0.2, 0.25) is 0 Å². The quantitative estimate of drug-likeness (QED) is 0.483. The van der Waals surface area contributed by atoms with Crippen LogP contribution in [0.5, 0.6) is 0 Å². The predicted octanol–water partition coefficient (Wildman–Crippen LogP) is 0.0349. The number of halogens is 1. The highest BCUT2D eigenvalue weighted by Gasteiger charge is 2.01. The van der Waals surface area contributed by atoms with E-state index in [2.05, 4.69) is 0 Å². The van der Waals surface area contributed by atoms with Crippen molar-refractivity contribution < 1.29 is 13.0 Å². The molecule has 0 aromatic heterocycles. The summed E-state index contributed by atoms with van der Waals surface area (Å²) in [4.78, 5) is 0. The second kappa shape index (κ2) is 5.91. The van der Waals surface area contributed by atoms with Gasteiger partial charge in [0.05, 0.1) is 5.75 Å². The van der Waals surface area contributed by atoms with E-state index in [0.29, 0.717) is 19.4 Å². The normalized spacial score (nSPS) is 10.6. The first-order valence-electron chi connectivity index (χ1n) is 2.71. The molecular weight excluding hydrogens is 178 g/mol. The van der Waals surface area contributed by atoms with Crippen LogP contribution in [0, 0.1) is 0 Å². The van der Waals surface area contributed by atoms with Crippen molar-refractivity contribution in [1.29, 1.82) is 0 Å². The summed E-state index contributed by atoms with van der Waals surface area (Å²) in [5, 5.41) is 0. The van der Waals surface area contributed by atoms with Gasteiger partial charge in [-0.2, -0.15) is 8.42 Å².